The van der Waals surface area contributed by atoms with Gasteiger partial charge in [0, 0.05) is 0 Å². The number of hydrogen-bond donors (Lipinski definition) is 2. The molecule has 0 fully saturated rings. The molecule has 0 aromatic heterocycles. The Kier molecular flexibility index (Phi) is 2.11. The second-order valence-corrected chi connectivity index (χ2v) is 2.83. The Hall–Kier alpha value is -1.07. The molecule has 60 valence electrons. The summed E-state index contributed by atoms with van der Waals surface area (Å²) in [5.41, 5.74) is 5.13. The Bertz CT molecular complexity index is 300. The van der Waals surface area contributed by atoms with Crippen LogP contribution in [0.15, 0.2) is 23.1 Å². The number of hydrogen-bond acceptors (Lipinski definition) is 4. The van der Waals surface area contributed by atoms with Crippen molar-refractivity contribution in [3.8, 4) is 5.75 Å². The van der Waals surface area contributed by atoms with Gasteiger partial charge >= 0.3 is 0 Å². The number of phenols is 1. The molecular weight excluding hydrogens is 166 g/mol. The van der Waals surface area contributed by atoms with Crippen molar-refractivity contribution in [2.24, 2.45) is 0 Å². The highest BCUT2D eigenvalue weighted by Crippen LogP contribution is 2.24. The van der Waals surface area contributed by atoms with Gasteiger partial charge in [0.2, 0.25) is 0 Å². The third kappa shape index (κ3) is 1.50. The van der Waals surface area contributed by atoms with Gasteiger partial charge in [0.15, 0.2) is 0 Å². The van der Waals surface area contributed by atoms with E-state index in [0.29, 0.717) is 0 Å². The van der Waals surface area contributed by atoms with Gasteiger partial charge in [0.25, 0.3) is 0 Å². The Balaban J connectivity index is 3.27. The largest absolute Gasteiger partial charge is 0.768 e. The molecule has 0 saturated carbocycles. The number of aromatic hydroxyl groups is 1. The lowest BCUT2D eigenvalue weighted by Crippen LogP contribution is -1.96. The summed E-state index contributed by atoms with van der Waals surface area (Å²) >= 11 is -2.39. The van der Waals surface area contributed by atoms with E-state index in [9.17, 15) is 8.76 Å². The fourth-order valence-corrected chi connectivity index (χ4v) is 1.15. The van der Waals surface area contributed by atoms with Gasteiger partial charge in [-0.05, 0) is 23.2 Å². The van der Waals surface area contributed by atoms with Gasteiger partial charge in [0.05, 0.1) is 10.6 Å². The zero-order valence-corrected chi connectivity index (χ0v) is 6.30. The van der Waals surface area contributed by atoms with Crippen LogP contribution in [0.2, 0.25) is 0 Å². The molecule has 4 nitrogen and oxygen atoms in total. The van der Waals surface area contributed by atoms with E-state index in [1.807, 2.05) is 0 Å². The minimum absolute atomic E-state index is 0.0787. The average Bonchev–Trinajstić information content (AvgIpc) is 1.94. The van der Waals surface area contributed by atoms with Gasteiger partial charge in [-0.25, -0.2) is 0 Å². The summed E-state index contributed by atoms with van der Waals surface area (Å²) in [7, 11) is 0. The molecule has 0 aliphatic rings. The van der Waals surface area contributed by atoms with Crippen LogP contribution in [0, 0.1) is 0 Å². The molecule has 1 rings (SSSR count). The zero-order chi connectivity index (χ0) is 8.43. The normalized spacial score (nSPS) is 12.8. The molecule has 0 heterocycles. The van der Waals surface area contributed by atoms with Crippen LogP contribution in [0.4, 0.5) is 5.69 Å². The second-order valence-electron chi connectivity index (χ2n) is 1.92. The molecule has 0 aliphatic heterocycles. The first-order chi connectivity index (χ1) is 5.13. The third-order valence-electron chi connectivity index (χ3n) is 1.22. The van der Waals surface area contributed by atoms with Crippen molar-refractivity contribution in [1.82, 2.24) is 0 Å². The highest BCUT2D eigenvalue weighted by molar-refractivity contribution is 7.79. The Morgan fingerprint density at radius 2 is 2.18 bits per heavy atom. The molecule has 0 aliphatic carbocycles. The summed E-state index contributed by atoms with van der Waals surface area (Å²) in [5.74, 6) is -0.216. The molecule has 1 unspecified atom stereocenters. The lowest BCUT2D eigenvalue weighted by Gasteiger charge is -2.08. The van der Waals surface area contributed by atoms with E-state index in [1.54, 1.807) is 0 Å². The number of benzene rings is 1. The van der Waals surface area contributed by atoms with Crippen LogP contribution in [-0.2, 0) is 11.1 Å². The van der Waals surface area contributed by atoms with Crippen molar-refractivity contribution in [2.75, 3.05) is 5.73 Å². The SMILES string of the molecule is Nc1c(O)cccc1S(=O)[O-]. The molecule has 1 aromatic carbocycles. The first-order valence-corrected chi connectivity index (χ1v) is 3.87. The quantitative estimate of drug-likeness (QED) is 0.360. The molecule has 0 radical (unpaired) electrons. The number of nitrogen functional groups attached to an aromatic ring is 1. The molecule has 0 spiro atoms. The first kappa shape index (κ1) is 8.03. The summed E-state index contributed by atoms with van der Waals surface area (Å²) < 4.78 is 20.8. The topological polar surface area (TPSA) is 86.4 Å². The van der Waals surface area contributed by atoms with E-state index in [2.05, 4.69) is 0 Å². The minimum atomic E-state index is -2.39. The van der Waals surface area contributed by atoms with Crippen molar-refractivity contribution in [2.45, 2.75) is 4.90 Å². The monoisotopic (exact) mass is 172 g/mol. The summed E-state index contributed by atoms with van der Waals surface area (Å²) in [6.45, 7) is 0. The van der Waals surface area contributed by atoms with Crippen LogP contribution in [0.3, 0.4) is 0 Å². The van der Waals surface area contributed by atoms with Crippen molar-refractivity contribution in [3.05, 3.63) is 18.2 Å². The van der Waals surface area contributed by atoms with E-state index in [0.717, 1.165) is 0 Å². The van der Waals surface area contributed by atoms with E-state index in [1.165, 1.54) is 18.2 Å². The summed E-state index contributed by atoms with van der Waals surface area (Å²) in [6.07, 6.45) is 0. The number of phenolic OH excluding ortho intramolecular Hbond substituents is 1. The number of anilines is 1. The lowest BCUT2D eigenvalue weighted by molar-refractivity contribution is 0.475. The molecule has 0 amide bonds. The summed E-state index contributed by atoms with van der Waals surface area (Å²) in [6, 6.07) is 4.06. The maximum Gasteiger partial charge on any atom is 0.139 e. The van der Waals surface area contributed by atoms with Crippen LogP contribution >= 0.6 is 0 Å². The standard InChI is InChI=1S/C6H7NO3S/c7-6-4(8)2-1-3-5(6)11(9)10/h1-3,8H,7H2,(H,9,10)/p-1. The van der Waals surface area contributed by atoms with E-state index >= 15 is 0 Å². The van der Waals surface area contributed by atoms with Crippen LogP contribution < -0.4 is 5.73 Å². The maximum atomic E-state index is 10.4. The van der Waals surface area contributed by atoms with Crippen LogP contribution in [0.5, 0.6) is 5.75 Å². The van der Waals surface area contributed by atoms with E-state index < -0.39 is 11.1 Å². The Labute approximate surface area is 65.9 Å². The fourth-order valence-electron chi connectivity index (χ4n) is 0.678. The number of nitrogens with two attached hydrogens (primary N) is 1. The van der Waals surface area contributed by atoms with Gasteiger partial charge in [0.1, 0.15) is 5.75 Å². The molecule has 1 atom stereocenters. The highest BCUT2D eigenvalue weighted by Gasteiger charge is 2.02. The van der Waals surface area contributed by atoms with Gasteiger partial charge < -0.3 is 15.4 Å². The second kappa shape index (κ2) is 2.89. The van der Waals surface area contributed by atoms with Crippen molar-refractivity contribution >= 4 is 16.8 Å². The summed E-state index contributed by atoms with van der Waals surface area (Å²) in [5, 5.41) is 8.95. The highest BCUT2D eigenvalue weighted by atomic mass is 32.2. The van der Waals surface area contributed by atoms with Crippen molar-refractivity contribution < 1.29 is 13.9 Å². The minimum Gasteiger partial charge on any atom is -0.768 e. The van der Waals surface area contributed by atoms with Gasteiger partial charge in [-0.15, -0.1) is 0 Å². The molecular formula is C6H6NO3S-. The molecule has 11 heavy (non-hydrogen) atoms. The Morgan fingerprint density at radius 1 is 1.55 bits per heavy atom. The van der Waals surface area contributed by atoms with Crippen LogP contribution in [-0.4, -0.2) is 13.9 Å². The molecule has 1 aromatic rings. The van der Waals surface area contributed by atoms with Crippen LogP contribution in [0.1, 0.15) is 0 Å². The molecule has 0 bridgehead atoms. The maximum absolute atomic E-state index is 10.4. The molecule has 0 saturated heterocycles. The van der Waals surface area contributed by atoms with Gasteiger partial charge in [-0.2, -0.15) is 0 Å². The van der Waals surface area contributed by atoms with Gasteiger partial charge in [-0.1, -0.05) is 6.07 Å². The molecule has 3 N–H and O–H groups in total. The van der Waals surface area contributed by atoms with E-state index in [4.69, 9.17) is 10.8 Å². The first-order valence-electron chi connectivity index (χ1n) is 2.79. The summed E-state index contributed by atoms with van der Waals surface area (Å²) in [4.78, 5) is -0.0787. The predicted molar refractivity (Wildman–Crippen MR) is 39.7 cm³/mol. The van der Waals surface area contributed by atoms with E-state index in [-0.39, 0.29) is 16.3 Å². The predicted octanol–water partition coefficient (Wildman–Crippen LogP) is 0.212. The van der Waals surface area contributed by atoms with Crippen molar-refractivity contribution in [3.63, 3.8) is 0 Å². The van der Waals surface area contributed by atoms with Crippen molar-refractivity contribution in [1.29, 1.82) is 0 Å². The average molecular weight is 172 g/mol. The smallest absolute Gasteiger partial charge is 0.139 e. The van der Waals surface area contributed by atoms with Gasteiger partial charge in [-0.3, -0.25) is 4.21 Å². The Morgan fingerprint density at radius 3 is 2.64 bits per heavy atom. The number of rotatable bonds is 1. The molecule has 5 heteroatoms. The zero-order valence-electron chi connectivity index (χ0n) is 5.48. The lowest BCUT2D eigenvalue weighted by atomic mass is 10.3. The fraction of sp³-hybridized carbons (Fsp3) is 0. The third-order valence-corrected chi connectivity index (χ3v) is 1.94. The number of para-hydroxylation sites is 1. The van der Waals surface area contributed by atoms with Crippen LogP contribution in [0.25, 0.3) is 0 Å².